The van der Waals surface area contributed by atoms with Gasteiger partial charge in [-0.05, 0) is 24.8 Å². The number of aliphatic hydroxyl groups is 1. The Labute approximate surface area is 87.7 Å². The summed E-state index contributed by atoms with van der Waals surface area (Å²) in [5.74, 6) is -0.670. The number of halogens is 1. The van der Waals surface area contributed by atoms with Gasteiger partial charge in [-0.25, -0.2) is 4.39 Å². The van der Waals surface area contributed by atoms with Crippen LogP contribution in [0.3, 0.4) is 0 Å². The summed E-state index contributed by atoms with van der Waals surface area (Å²) in [7, 11) is 0. The Hall–Kier alpha value is -1.22. The molecule has 1 fully saturated rings. The SMILES string of the molecule is O=CC(C1CC1)C(O)c1ccccc1F. The minimum Gasteiger partial charge on any atom is -0.388 e. The molecule has 0 bridgehead atoms. The summed E-state index contributed by atoms with van der Waals surface area (Å²) in [6.45, 7) is 0. The molecule has 2 nitrogen and oxygen atoms in total. The van der Waals surface area contributed by atoms with E-state index in [4.69, 9.17) is 0 Å². The third-order valence-corrected chi connectivity index (χ3v) is 2.91. The molecule has 2 unspecified atom stereocenters. The molecule has 1 N–H and O–H groups in total. The summed E-state index contributed by atoms with van der Waals surface area (Å²) in [5, 5.41) is 9.90. The number of hydrogen-bond donors (Lipinski definition) is 1. The molecule has 3 heteroatoms. The zero-order chi connectivity index (χ0) is 10.8. The molecule has 1 saturated carbocycles. The Kier molecular flexibility index (Phi) is 2.82. The first-order chi connectivity index (χ1) is 7.24. The van der Waals surface area contributed by atoms with Crippen LogP contribution in [0, 0.1) is 17.7 Å². The average Bonchev–Trinajstić information content (AvgIpc) is 3.03. The van der Waals surface area contributed by atoms with Crippen molar-refractivity contribution in [1.82, 2.24) is 0 Å². The van der Waals surface area contributed by atoms with Crippen LogP contribution < -0.4 is 0 Å². The van der Waals surface area contributed by atoms with Crippen LogP contribution in [0.2, 0.25) is 0 Å². The third-order valence-electron chi connectivity index (χ3n) is 2.91. The number of carbonyl (C=O) groups is 1. The Morgan fingerprint density at radius 2 is 2.07 bits per heavy atom. The van der Waals surface area contributed by atoms with E-state index in [0.717, 1.165) is 19.1 Å². The number of hydrogen-bond acceptors (Lipinski definition) is 2. The lowest BCUT2D eigenvalue weighted by molar-refractivity contribution is -0.115. The first kappa shape index (κ1) is 10.3. The maximum atomic E-state index is 13.3. The summed E-state index contributed by atoms with van der Waals surface area (Å²) in [6.07, 6.45) is 1.65. The van der Waals surface area contributed by atoms with Gasteiger partial charge in [0.15, 0.2) is 0 Å². The van der Waals surface area contributed by atoms with Gasteiger partial charge in [-0.1, -0.05) is 18.2 Å². The number of aliphatic hydroxyl groups excluding tert-OH is 1. The van der Waals surface area contributed by atoms with Crippen molar-refractivity contribution in [2.45, 2.75) is 18.9 Å². The van der Waals surface area contributed by atoms with Crippen molar-refractivity contribution in [3.8, 4) is 0 Å². The molecule has 0 aromatic heterocycles. The second-order valence-electron chi connectivity index (χ2n) is 4.02. The number of aldehydes is 1. The highest BCUT2D eigenvalue weighted by atomic mass is 19.1. The second-order valence-corrected chi connectivity index (χ2v) is 4.02. The van der Waals surface area contributed by atoms with E-state index in [0.29, 0.717) is 0 Å². The predicted molar refractivity (Wildman–Crippen MR) is 53.6 cm³/mol. The zero-order valence-electron chi connectivity index (χ0n) is 8.27. The monoisotopic (exact) mass is 208 g/mol. The topological polar surface area (TPSA) is 37.3 Å². The van der Waals surface area contributed by atoms with E-state index in [9.17, 15) is 14.3 Å². The highest BCUT2D eigenvalue weighted by Crippen LogP contribution is 2.42. The molecule has 0 radical (unpaired) electrons. The molecule has 2 rings (SSSR count). The molecule has 1 aliphatic carbocycles. The van der Waals surface area contributed by atoms with Crippen LogP contribution in [-0.2, 0) is 4.79 Å². The van der Waals surface area contributed by atoms with E-state index in [-0.39, 0.29) is 11.5 Å². The average molecular weight is 208 g/mol. The summed E-state index contributed by atoms with van der Waals surface area (Å²) in [4.78, 5) is 10.8. The Morgan fingerprint density at radius 1 is 1.40 bits per heavy atom. The molecule has 1 aromatic carbocycles. The maximum absolute atomic E-state index is 13.3. The van der Waals surface area contributed by atoms with Gasteiger partial charge < -0.3 is 9.90 Å². The second kappa shape index (κ2) is 4.11. The summed E-state index contributed by atoms with van der Waals surface area (Å²) >= 11 is 0. The van der Waals surface area contributed by atoms with Gasteiger partial charge in [0.1, 0.15) is 12.1 Å². The van der Waals surface area contributed by atoms with Gasteiger partial charge in [-0.2, -0.15) is 0 Å². The van der Waals surface area contributed by atoms with Gasteiger partial charge in [0.2, 0.25) is 0 Å². The number of carbonyl (C=O) groups excluding carboxylic acids is 1. The maximum Gasteiger partial charge on any atom is 0.129 e. The van der Waals surface area contributed by atoms with Gasteiger partial charge in [-0.3, -0.25) is 0 Å². The van der Waals surface area contributed by atoms with Gasteiger partial charge in [0.25, 0.3) is 0 Å². The van der Waals surface area contributed by atoms with Crippen LogP contribution in [0.15, 0.2) is 24.3 Å². The molecular weight excluding hydrogens is 195 g/mol. The molecule has 1 aromatic rings. The van der Waals surface area contributed by atoms with Gasteiger partial charge >= 0.3 is 0 Å². The number of rotatable bonds is 4. The fourth-order valence-corrected chi connectivity index (χ4v) is 1.85. The van der Waals surface area contributed by atoms with E-state index >= 15 is 0 Å². The fraction of sp³-hybridized carbons (Fsp3) is 0.417. The fourth-order valence-electron chi connectivity index (χ4n) is 1.85. The van der Waals surface area contributed by atoms with Crippen molar-refractivity contribution in [2.24, 2.45) is 11.8 Å². The van der Waals surface area contributed by atoms with Crippen molar-refractivity contribution < 1.29 is 14.3 Å². The van der Waals surface area contributed by atoms with E-state index in [2.05, 4.69) is 0 Å². The Morgan fingerprint density at radius 3 is 2.60 bits per heavy atom. The largest absolute Gasteiger partial charge is 0.388 e. The van der Waals surface area contributed by atoms with E-state index < -0.39 is 17.8 Å². The lowest BCUT2D eigenvalue weighted by Gasteiger charge is -2.17. The lowest BCUT2D eigenvalue weighted by Crippen LogP contribution is -2.17. The molecule has 2 atom stereocenters. The molecule has 0 saturated heterocycles. The smallest absolute Gasteiger partial charge is 0.129 e. The van der Waals surface area contributed by atoms with E-state index in [1.807, 2.05) is 0 Å². The van der Waals surface area contributed by atoms with E-state index in [1.165, 1.54) is 12.1 Å². The van der Waals surface area contributed by atoms with Crippen LogP contribution >= 0.6 is 0 Å². The van der Waals surface area contributed by atoms with Crippen LogP contribution in [0.1, 0.15) is 24.5 Å². The van der Waals surface area contributed by atoms with Crippen molar-refractivity contribution in [3.63, 3.8) is 0 Å². The molecule has 0 amide bonds. The first-order valence-electron chi connectivity index (χ1n) is 5.12. The van der Waals surface area contributed by atoms with Gasteiger partial charge in [-0.15, -0.1) is 0 Å². The molecule has 0 aliphatic heterocycles. The highest BCUT2D eigenvalue weighted by molar-refractivity contribution is 5.56. The Balaban J connectivity index is 2.22. The summed E-state index contributed by atoms with van der Waals surface area (Å²) < 4.78 is 13.3. The van der Waals surface area contributed by atoms with Crippen molar-refractivity contribution in [1.29, 1.82) is 0 Å². The van der Waals surface area contributed by atoms with Gasteiger partial charge in [0.05, 0.1) is 6.10 Å². The van der Waals surface area contributed by atoms with Crippen LogP contribution in [0.4, 0.5) is 4.39 Å². The van der Waals surface area contributed by atoms with Crippen molar-refractivity contribution >= 4 is 6.29 Å². The summed E-state index contributed by atoms with van der Waals surface area (Å²) in [5.41, 5.74) is 0.224. The molecule has 15 heavy (non-hydrogen) atoms. The van der Waals surface area contributed by atoms with Crippen molar-refractivity contribution in [2.75, 3.05) is 0 Å². The zero-order valence-corrected chi connectivity index (χ0v) is 8.27. The summed E-state index contributed by atoms with van der Waals surface area (Å²) in [6, 6.07) is 6.06. The minimum atomic E-state index is -1.00. The third kappa shape index (κ3) is 2.07. The Bertz CT molecular complexity index is 360. The standard InChI is InChI=1S/C12H13FO2/c13-11-4-2-1-3-9(11)12(15)10(7-14)8-5-6-8/h1-4,7-8,10,12,15H,5-6H2. The minimum absolute atomic E-state index is 0.224. The normalized spacial score (nSPS) is 19.6. The predicted octanol–water partition coefficient (Wildman–Crippen LogP) is 2.08. The lowest BCUT2D eigenvalue weighted by atomic mass is 9.92. The molecule has 0 spiro atoms. The van der Waals surface area contributed by atoms with Crippen LogP contribution in [0.25, 0.3) is 0 Å². The first-order valence-corrected chi connectivity index (χ1v) is 5.12. The van der Waals surface area contributed by atoms with Gasteiger partial charge in [0, 0.05) is 11.5 Å². The number of benzene rings is 1. The van der Waals surface area contributed by atoms with Crippen LogP contribution in [-0.4, -0.2) is 11.4 Å². The molecule has 80 valence electrons. The van der Waals surface area contributed by atoms with Crippen molar-refractivity contribution in [3.05, 3.63) is 35.6 Å². The molecular formula is C12H13FO2. The molecule has 1 aliphatic rings. The van der Waals surface area contributed by atoms with E-state index in [1.54, 1.807) is 12.1 Å². The van der Waals surface area contributed by atoms with Crippen LogP contribution in [0.5, 0.6) is 0 Å². The quantitative estimate of drug-likeness (QED) is 0.769. The molecule has 0 heterocycles. The highest BCUT2D eigenvalue weighted by Gasteiger charge is 2.37.